The fraction of sp³-hybridized carbons (Fsp3) is 0. The fourth-order valence-electron chi connectivity index (χ4n) is 5.33. The molecule has 0 aliphatic heterocycles. The zero-order valence-corrected chi connectivity index (χ0v) is 19.3. The Morgan fingerprint density at radius 3 is 1.03 bits per heavy atom. The first-order valence-electron chi connectivity index (χ1n) is 11.4. The lowest BCUT2D eigenvalue weighted by Gasteiger charge is -2.26. The molecule has 0 spiro atoms. The average molecular weight is 456 g/mol. The normalized spacial score (nSPS) is 12.2. The number of para-hydroxylation sites is 4. The quantitative estimate of drug-likeness (QED) is 0.249. The van der Waals surface area contributed by atoms with E-state index in [1.54, 1.807) is 0 Å². The van der Waals surface area contributed by atoms with Gasteiger partial charge in [-0.25, -0.2) is 0 Å². The Morgan fingerprint density at radius 2 is 0.676 bits per heavy atom. The van der Waals surface area contributed by atoms with Crippen LogP contribution in [0.4, 0.5) is 0 Å². The molecule has 0 N–H and O–H groups in total. The highest BCUT2D eigenvalue weighted by Gasteiger charge is 2.35. The smallest absolute Gasteiger partial charge is 0.271 e. The molecule has 2 aromatic heterocycles. The fourth-order valence-corrected chi connectivity index (χ4v) is 8.40. The maximum absolute atomic E-state index is 15.9. The molecule has 34 heavy (non-hydrogen) atoms. The van der Waals surface area contributed by atoms with Crippen molar-refractivity contribution in [3.63, 3.8) is 0 Å². The molecule has 0 aliphatic carbocycles. The van der Waals surface area contributed by atoms with Crippen molar-refractivity contribution in [1.82, 2.24) is 8.68 Å². The number of hydrogen-bond acceptors (Lipinski definition) is 1. The second kappa shape index (κ2) is 7.21. The number of benzene rings is 5. The van der Waals surface area contributed by atoms with Gasteiger partial charge in [-0.3, -0.25) is 13.2 Å². The molecule has 0 radical (unpaired) electrons. The van der Waals surface area contributed by atoms with Gasteiger partial charge in [0.25, 0.3) is 0 Å². The molecule has 3 nitrogen and oxygen atoms in total. The van der Waals surface area contributed by atoms with Crippen LogP contribution in [-0.4, -0.2) is 8.68 Å². The Bertz CT molecular complexity index is 1670. The Morgan fingerprint density at radius 1 is 0.382 bits per heavy atom. The summed E-state index contributed by atoms with van der Waals surface area (Å²) in [7, 11) is -3.43. The largest absolute Gasteiger partial charge is 0.301 e. The second-order valence-electron chi connectivity index (χ2n) is 8.57. The van der Waals surface area contributed by atoms with Crippen molar-refractivity contribution in [1.29, 1.82) is 0 Å². The molecule has 0 unspecified atom stereocenters. The molecule has 2 heterocycles. The van der Waals surface area contributed by atoms with E-state index >= 15 is 4.57 Å². The minimum Gasteiger partial charge on any atom is -0.271 e. The van der Waals surface area contributed by atoms with Crippen LogP contribution in [0.15, 0.2) is 127 Å². The molecule has 0 atom stereocenters. The van der Waals surface area contributed by atoms with Crippen molar-refractivity contribution in [2.24, 2.45) is 0 Å². The summed E-state index contributed by atoms with van der Waals surface area (Å²) in [5.74, 6) is 0. The molecule has 0 bridgehead atoms. The highest BCUT2D eigenvalue weighted by Crippen LogP contribution is 2.56. The third kappa shape index (κ3) is 2.50. The van der Waals surface area contributed by atoms with Gasteiger partial charge in [0.15, 0.2) is 0 Å². The van der Waals surface area contributed by atoms with Gasteiger partial charge in [-0.15, -0.1) is 0 Å². The second-order valence-corrected chi connectivity index (χ2v) is 11.0. The molecule has 7 aromatic rings. The summed E-state index contributed by atoms with van der Waals surface area (Å²) in [6, 6.07) is 43.0. The number of hydrogen-bond donors (Lipinski definition) is 0. The van der Waals surface area contributed by atoms with Crippen molar-refractivity contribution < 1.29 is 4.57 Å². The Labute approximate surface area is 197 Å². The first-order valence-corrected chi connectivity index (χ1v) is 13.0. The van der Waals surface area contributed by atoms with Gasteiger partial charge in [-0.2, -0.15) is 0 Å². The number of aromatic nitrogens is 2. The van der Waals surface area contributed by atoms with Crippen LogP contribution in [0.5, 0.6) is 0 Å². The number of nitrogens with zero attached hydrogens (tertiary/aromatic N) is 2. The van der Waals surface area contributed by atoms with Crippen molar-refractivity contribution in [2.45, 2.75) is 0 Å². The predicted molar refractivity (Wildman–Crippen MR) is 143 cm³/mol. The van der Waals surface area contributed by atoms with Crippen molar-refractivity contribution in [3.05, 3.63) is 127 Å². The third-order valence-corrected chi connectivity index (χ3v) is 9.66. The molecular formula is C30H21N2OP. The SMILES string of the molecule is O=P(c1ccccc1)(n1c2ccccc2c2ccccc21)n1c2ccccc2c2ccccc21. The third-order valence-electron chi connectivity index (χ3n) is 6.74. The minimum atomic E-state index is -3.43. The molecule has 0 saturated heterocycles. The molecule has 0 fully saturated rings. The van der Waals surface area contributed by atoms with Crippen LogP contribution in [0.2, 0.25) is 0 Å². The molecule has 5 aromatic carbocycles. The summed E-state index contributed by atoms with van der Waals surface area (Å²) in [6.45, 7) is 0. The molecule has 0 saturated carbocycles. The Kier molecular flexibility index (Phi) is 4.12. The van der Waals surface area contributed by atoms with Gasteiger partial charge in [-0.1, -0.05) is 91.0 Å². The van der Waals surface area contributed by atoms with Crippen LogP contribution in [0.3, 0.4) is 0 Å². The molecule has 0 amide bonds. The lowest BCUT2D eigenvalue weighted by atomic mass is 10.2. The van der Waals surface area contributed by atoms with Crippen LogP contribution >= 0.6 is 7.44 Å². The van der Waals surface area contributed by atoms with Crippen LogP contribution in [0, 0.1) is 0 Å². The van der Waals surface area contributed by atoms with Crippen LogP contribution in [0.25, 0.3) is 43.6 Å². The van der Waals surface area contributed by atoms with E-state index in [-0.39, 0.29) is 0 Å². The zero-order chi connectivity index (χ0) is 22.7. The highest BCUT2D eigenvalue weighted by molar-refractivity contribution is 7.69. The van der Waals surface area contributed by atoms with Crippen LogP contribution in [-0.2, 0) is 4.57 Å². The standard InChI is InChI=1S/C30H21N2OP/c33-34(22-12-2-1-3-13-22,31-27-18-8-4-14-23(27)24-15-5-9-19-28(24)31)32-29-20-10-6-16-25(29)26-17-7-11-21-30(26)32/h1-21H. The Balaban J connectivity index is 1.76. The summed E-state index contributed by atoms with van der Waals surface area (Å²) in [4.78, 5) is 0. The minimum absolute atomic E-state index is 0.799. The van der Waals surface area contributed by atoms with Gasteiger partial charge >= 0.3 is 7.44 Å². The van der Waals surface area contributed by atoms with Gasteiger partial charge in [-0.05, 0) is 36.4 Å². The van der Waals surface area contributed by atoms with E-state index in [1.807, 2.05) is 78.9 Å². The zero-order valence-electron chi connectivity index (χ0n) is 18.4. The van der Waals surface area contributed by atoms with Crippen LogP contribution < -0.4 is 5.30 Å². The summed E-state index contributed by atoms with van der Waals surface area (Å²) >= 11 is 0. The number of rotatable bonds is 3. The monoisotopic (exact) mass is 456 g/mol. The summed E-state index contributed by atoms with van der Waals surface area (Å²) in [6.07, 6.45) is 0. The van der Waals surface area contributed by atoms with Crippen molar-refractivity contribution in [2.75, 3.05) is 0 Å². The van der Waals surface area contributed by atoms with Gasteiger partial charge < -0.3 is 0 Å². The number of fused-ring (bicyclic) bond motifs is 6. The van der Waals surface area contributed by atoms with E-state index in [0.717, 1.165) is 48.9 Å². The van der Waals surface area contributed by atoms with Gasteiger partial charge in [0.05, 0.1) is 27.4 Å². The average Bonchev–Trinajstić information content (AvgIpc) is 3.43. The van der Waals surface area contributed by atoms with E-state index in [4.69, 9.17) is 0 Å². The van der Waals surface area contributed by atoms with E-state index < -0.39 is 7.44 Å². The van der Waals surface area contributed by atoms with Gasteiger partial charge in [0.1, 0.15) is 0 Å². The first kappa shape index (κ1) is 19.4. The van der Waals surface area contributed by atoms with E-state index in [9.17, 15) is 0 Å². The first-order chi connectivity index (χ1) is 16.8. The van der Waals surface area contributed by atoms with Crippen molar-refractivity contribution in [3.8, 4) is 0 Å². The Hall–Kier alpha value is -4.07. The van der Waals surface area contributed by atoms with E-state index in [2.05, 4.69) is 57.2 Å². The maximum Gasteiger partial charge on any atom is 0.301 e. The lowest BCUT2D eigenvalue weighted by molar-refractivity contribution is 0.573. The lowest BCUT2D eigenvalue weighted by Crippen LogP contribution is -2.17. The van der Waals surface area contributed by atoms with Crippen LogP contribution in [0.1, 0.15) is 0 Å². The molecule has 162 valence electrons. The molecular weight excluding hydrogens is 435 g/mol. The van der Waals surface area contributed by atoms with Crippen molar-refractivity contribution >= 4 is 56.4 Å². The highest BCUT2D eigenvalue weighted by atomic mass is 31.2. The van der Waals surface area contributed by atoms with Gasteiger partial charge in [0, 0.05) is 21.5 Å². The summed E-state index contributed by atoms with van der Waals surface area (Å²) in [5.41, 5.74) is 3.88. The summed E-state index contributed by atoms with van der Waals surface area (Å²) in [5, 5.41) is 5.23. The topological polar surface area (TPSA) is 26.9 Å². The summed E-state index contributed by atoms with van der Waals surface area (Å²) < 4.78 is 20.1. The molecule has 0 aliphatic rings. The maximum atomic E-state index is 15.9. The predicted octanol–water partition coefficient (Wildman–Crippen LogP) is 7.82. The van der Waals surface area contributed by atoms with E-state index in [1.165, 1.54) is 0 Å². The van der Waals surface area contributed by atoms with Gasteiger partial charge in [0.2, 0.25) is 0 Å². The molecule has 7 rings (SSSR count). The van der Waals surface area contributed by atoms with E-state index in [0.29, 0.717) is 0 Å². The molecule has 4 heteroatoms.